The molecule has 32 heavy (non-hydrogen) atoms. The minimum Gasteiger partial charge on any atom is -0.507 e. The lowest BCUT2D eigenvalue weighted by atomic mass is 9.70. The van der Waals surface area contributed by atoms with Crippen molar-refractivity contribution in [1.82, 2.24) is 0 Å². The SMILES string of the molecule is CCCCC1(CCCC)c2ccc(C(=O)O)cc2-c2c1cc(O)c1cc(OC)c(C)cc21. The van der Waals surface area contributed by atoms with Crippen molar-refractivity contribution >= 4 is 16.7 Å². The van der Waals surface area contributed by atoms with E-state index in [1.54, 1.807) is 13.2 Å². The summed E-state index contributed by atoms with van der Waals surface area (Å²) in [7, 11) is 1.63. The molecule has 0 saturated carbocycles. The van der Waals surface area contributed by atoms with Crippen molar-refractivity contribution in [2.45, 2.75) is 64.7 Å². The molecule has 0 aromatic heterocycles. The van der Waals surface area contributed by atoms with Crippen LogP contribution in [0.3, 0.4) is 0 Å². The minimum absolute atomic E-state index is 0.215. The maximum Gasteiger partial charge on any atom is 0.335 e. The number of hydrogen-bond donors (Lipinski definition) is 2. The van der Waals surface area contributed by atoms with Gasteiger partial charge in [0.1, 0.15) is 11.5 Å². The lowest BCUT2D eigenvalue weighted by Gasteiger charge is -2.33. The molecule has 4 nitrogen and oxygen atoms in total. The van der Waals surface area contributed by atoms with E-state index in [0.717, 1.165) is 77.3 Å². The summed E-state index contributed by atoms with van der Waals surface area (Å²) < 4.78 is 5.51. The van der Waals surface area contributed by atoms with Gasteiger partial charge in [0.15, 0.2) is 0 Å². The summed E-state index contributed by atoms with van der Waals surface area (Å²) in [5, 5.41) is 22.5. The van der Waals surface area contributed by atoms with E-state index in [2.05, 4.69) is 19.9 Å². The molecule has 0 amide bonds. The minimum atomic E-state index is -0.921. The van der Waals surface area contributed by atoms with Gasteiger partial charge in [-0.15, -0.1) is 0 Å². The molecule has 1 aliphatic carbocycles. The first-order valence-electron chi connectivity index (χ1n) is 11.6. The Morgan fingerprint density at radius 2 is 1.66 bits per heavy atom. The van der Waals surface area contributed by atoms with Gasteiger partial charge in [0.05, 0.1) is 12.7 Å². The van der Waals surface area contributed by atoms with Gasteiger partial charge in [-0.3, -0.25) is 0 Å². The number of carboxylic acid groups (broad SMARTS) is 1. The number of rotatable bonds is 8. The van der Waals surface area contributed by atoms with Gasteiger partial charge in [0.25, 0.3) is 0 Å². The number of carbonyl (C=O) groups is 1. The maximum atomic E-state index is 11.8. The van der Waals surface area contributed by atoms with Gasteiger partial charge in [-0.2, -0.15) is 0 Å². The summed E-state index contributed by atoms with van der Waals surface area (Å²) in [5.41, 5.74) is 5.45. The predicted octanol–water partition coefficient (Wildman–Crippen LogP) is 7.21. The molecule has 0 fully saturated rings. The first kappa shape index (κ1) is 22.2. The molecule has 3 aromatic carbocycles. The van der Waals surface area contributed by atoms with Crippen molar-refractivity contribution in [1.29, 1.82) is 0 Å². The molecule has 4 heteroatoms. The molecule has 0 unspecified atom stereocenters. The van der Waals surface area contributed by atoms with E-state index in [-0.39, 0.29) is 11.2 Å². The zero-order valence-electron chi connectivity index (χ0n) is 19.4. The van der Waals surface area contributed by atoms with E-state index in [1.807, 2.05) is 31.2 Å². The van der Waals surface area contributed by atoms with E-state index in [0.29, 0.717) is 5.56 Å². The molecule has 0 radical (unpaired) electrons. The second-order valence-corrected chi connectivity index (χ2v) is 9.04. The monoisotopic (exact) mass is 432 g/mol. The van der Waals surface area contributed by atoms with Gasteiger partial charge in [0, 0.05) is 10.8 Å². The van der Waals surface area contributed by atoms with Crippen molar-refractivity contribution in [3.63, 3.8) is 0 Å². The Morgan fingerprint density at radius 3 is 2.25 bits per heavy atom. The van der Waals surface area contributed by atoms with Crippen LogP contribution in [-0.4, -0.2) is 23.3 Å². The molecule has 0 bridgehead atoms. The lowest BCUT2D eigenvalue weighted by Crippen LogP contribution is -2.25. The first-order valence-corrected chi connectivity index (χ1v) is 11.6. The largest absolute Gasteiger partial charge is 0.507 e. The van der Waals surface area contributed by atoms with Gasteiger partial charge >= 0.3 is 5.97 Å². The van der Waals surface area contributed by atoms with Gasteiger partial charge in [-0.1, -0.05) is 45.6 Å². The fourth-order valence-electron chi connectivity index (χ4n) is 5.49. The van der Waals surface area contributed by atoms with Crippen LogP contribution in [0.15, 0.2) is 36.4 Å². The maximum absolute atomic E-state index is 11.8. The van der Waals surface area contributed by atoms with Crippen LogP contribution < -0.4 is 4.74 Å². The third-order valence-electron chi connectivity index (χ3n) is 7.11. The van der Waals surface area contributed by atoms with E-state index >= 15 is 0 Å². The fraction of sp³-hybridized carbons (Fsp3) is 0.393. The number of carboxylic acids is 1. The zero-order valence-corrected chi connectivity index (χ0v) is 19.4. The number of unbranched alkanes of at least 4 members (excludes halogenated alkanes) is 2. The summed E-state index contributed by atoms with van der Waals surface area (Å²) in [5.74, 6) is 0.0593. The highest BCUT2D eigenvalue weighted by Crippen LogP contribution is 2.57. The molecule has 4 rings (SSSR count). The normalized spacial score (nSPS) is 13.8. The molecule has 0 atom stereocenters. The molecule has 3 aromatic rings. The average Bonchev–Trinajstić information content (AvgIpc) is 3.05. The summed E-state index contributed by atoms with van der Waals surface area (Å²) in [6.07, 6.45) is 6.28. The predicted molar refractivity (Wildman–Crippen MR) is 129 cm³/mol. The number of aryl methyl sites for hydroxylation is 1. The summed E-state index contributed by atoms with van der Waals surface area (Å²) in [6.45, 7) is 6.40. The first-order chi connectivity index (χ1) is 15.4. The number of phenols is 1. The molecule has 168 valence electrons. The van der Waals surface area contributed by atoms with Gasteiger partial charge in [0.2, 0.25) is 0 Å². The van der Waals surface area contributed by atoms with E-state index in [1.165, 1.54) is 5.56 Å². The third-order valence-corrected chi connectivity index (χ3v) is 7.11. The Balaban J connectivity index is 2.12. The van der Waals surface area contributed by atoms with Crippen LogP contribution in [0.1, 0.15) is 79.4 Å². The number of ether oxygens (including phenoxy) is 1. The summed E-state index contributed by atoms with van der Waals surface area (Å²) in [6, 6.07) is 11.5. The highest BCUT2D eigenvalue weighted by Gasteiger charge is 2.43. The molecule has 0 aliphatic heterocycles. The van der Waals surface area contributed by atoms with Gasteiger partial charge in [-0.05, 0) is 83.3 Å². The molecule has 0 spiro atoms. The Kier molecular flexibility index (Phi) is 5.89. The van der Waals surface area contributed by atoms with Crippen LogP contribution in [0, 0.1) is 6.92 Å². The Labute approximate surface area is 189 Å². The van der Waals surface area contributed by atoms with Crippen molar-refractivity contribution in [2.75, 3.05) is 7.11 Å². The average molecular weight is 433 g/mol. The van der Waals surface area contributed by atoms with Crippen LogP contribution in [0.2, 0.25) is 0 Å². The van der Waals surface area contributed by atoms with E-state index in [4.69, 9.17) is 4.74 Å². The smallest absolute Gasteiger partial charge is 0.335 e. The second kappa shape index (κ2) is 8.50. The molecule has 1 aliphatic rings. The van der Waals surface area contributed by atoms with Crippen molar-refractivity contribution in [2.24, 2.45) is 0 Å². The highest BCUT2D eigenvalue weighted by molar-refractivity contribution is 6.07. The van der Waals surface area contributed by atoms with Crippen LogP contribution >= 0.6 is 0 Å². The Hall–Kier alpha value is -3.01. The van der Waals surface area contributed by atoms with Crippen molar-refractivity contribution in [3.05, 3.63) is 58.7 Å². The number of phenolic OH excluding ortho intramolecular Hbond substituents is 1. The van der Waals surface area contributed by atoms with E-state index < -0.39 is 5.97 Å². The molecule has 0 saturated heterocycles. The number of methoxy groups -OCH3 is 1. The number of benzene rings is 3. The Morgan fingerprint density at radius 1 is 0.969 bits per heavy atom. The fourth-order valence-corrected chi connectivity index (χ4v) is 5.49. The second-order valence-electron chi connectivity index (χ2n) is 9.04. The number of hydrogen-bond acceptors (Lipinski definition) is 3. The number of aromatic carboxylic acids is 1. The Bertz CT molecular complexity index is 1180. The molecular weight excluding hydrogens is 400 g/mol. The third kappa shape index (κ3) is 3.33. The summed E-state index contributed by atoms with van der Waals surface area (Å²) >= 11 is 0. The van der Waals surface area contributed by atoms with Gasteiger partial charge < -0.3 is 14.9 Å². The molecular formula is C28H32O4. The van der Waals surface area contributed by atoms with Crippen LogP contribution in [-0.2, 0) is 5.41 Å². The van der Waals surface area contributed by atoms with E-state index in [9.17, 15) is 15.0 Å². The lowest BCUT2D eigenvalue weighted by molar-refractivity contribution is 0.0697. The molecule has 0 heterocycles. The van der Waals surface area contributed by atoms with Crippen LogP contribution in [0.25, 0.3) is 21.9 Å². The number of fused-ring (bicyclic) bond motifs is 5. The van der Waals surface area contributed by atoms with Gasteiger partial charge in [-0.25, -0.2) is 4.79 Å². The zero-order chi connectivity index (χ0) is 23.0. The standard InChI is InChI=1S/C28H32O4/c1-5-7-11-28(12-8-6-2)22-10-9-18(27(30)31)14-21(22)26-20-13-17(3)25(32-4)15-19(20)24(29)16-23(26)28/h9-10,13-16,29H,5-8,11-12H2,1-4H3,(H,30,31). The molecule has 2 N–H and O–H groups in total. The van der Waals surface area contributed by atoms with Crippen LogP contribution in [0.5, 0.6) is 11.5 Å². The topological polar surface area (TPSA) is 66.8 Å². The summed E-state index contributed by atoms with van der Waals surface area (Å²) in [4.78, 5) is 11.8. The highest BCUT2D eigenvalue weighted by atomic mass is 16.5. The van der Waals surface area contributed by atoms with Crippen molar-refractivity contribution < 1.29 is 19.7 Å². The van der Waals surface area contributed by atoms with Crippen LogP contribution in [0.4, 0.5) is 0 Å². The number of aromatic hydroxyl groups is 1. The quantitative estimate of drug-likeness (QED) is 0.395. The van der Waals surface area contributed by atoms with Crippen molar-refractivity contribution in [3.8, 4) is 22.6 Å².